The Kier molecular flexibility index (Phi) is 3.67. The molecule has 2 N–H and O–H groups in total. The van der Waals surface area contributed by atoms with Crippen LogP contribution in [0.3, 0.4) is 0 Å². The van der Waals surface area contributed by atoms with Crippen LogP contribution in [0, 0.1) is 0 Å². The van der Waals surface area contributed by atoms with Crippen molar-refractivity contribution in [3.8, 4) is 0 Å². The van der Waals surface area contributed by atoms with E-state index in [1.807, 2.05) is 37.4 Å². The third-order valence-corrected chi connectivity index (χ3v) is 2.57. The molecule has 0 unspecified atom stereocenters. The molecule has 1 aromatic carbocycles. The Balaban J connectivity index is 2.06. The minimum absolute atomic E-state index is 0.426. The quantitative estimate of drug-likeness (QED) is 0.863. The highest BCUT2D eigenvalue weighted by molar-refractivity contribution is 5.37. The van der Waals surface area contributed by atoms with Crippen LogP contribution in [0.25, 0.3) is 0 Å². The molecule has 0 saturated heterocycles. The van der Waals surface area contributed by atoms with Crippen LogP contribution < -0.4 is 10.6 Å². The summed E-state index contributed by atoms with van der Waals surface area (Å²) in [6.07, 6.45) is 0. The fraction of sp³-hybridized carbons (Fsp3) is 0.231. The van der Waals surface area contributed by atoms with Crippen LogP contribution in [0.4, 0.5) is 5.82 Å². The zero-order chi connectivity index (χ0) is 12.1. The van der Waals surface area contributed by atoms with Gasteiger partial charge in [-0.1, -0.05) is 30.3 Å². The van der Waals surface area contributed by atoms with Crippen LogP contribution in [-0.2, 0) is 13.1 Å². The van der Waals surface area contributed by atoms with Gasteiger partial charge >= 0.3 is 0 Å². The highest BCUT2D eigenvalue weighted by atomic mass is 15.2. The van der Waals surface area contributed by atoms with Crippen LogP contribution in [0.15, 0.2) is 42.5 Å². The molecule has 2 rings (SSSR count). The monoisotopic (exact) mass is 228 g/mol. The van der Waals surface area contributed by atoms with Crippen LogP contribution in [-0.4, -0.2) is 17.2 Å². The summed E-state index contributed by atoms with van der Waals surface area (Å²) in [7, 11) is 2.00. The SMILES string of the molecule is CN(Cc1ccccc1)c1ccc(CN)nn1. The fourth-order valence-corrected chi connectivity index (χ4v) is 1.60. The lowest BCUT2D eigenvalue weighted by Gasteiger charge is -2.17. The molecule has 0 spiro atoms. The molecule has 0 atom stereocenters. The number of rotatable bonds is 4. The average molecular weight is 228 g/mol. The van der Waals surface area contributed by atoms with E-state index < -0.39 is 0 Å². The lowest BCUT2D eigenvalue weighted by molar-refractivity contribution is 0.836. The average Bonchev–Trinajstić information content (AvgIpc) is 2.40. The van der Waals surface area contributed by atoms with Crippen LogP contribution >= 0.6 is 0 Å². The van der Waals surface area contributed by atoms with Crippen molar-refractivity contribution in [2.24, 2.45) is 5.73 Å². The maximum atomic E-state index is 5.48. The normalized spacial score (nSPS) is 10.2. The maximum absolute atomic E-state index is 5.48. The summed E-state index contributed by atoms with van der Waals surface area (Å²) in [5.41, 5.74) is 7.54. The summed E-state index contributed by atoms with van der Waals surface area (Å²) in [4.78, 5) is 2.06. The number of anilines is 1. The molecule has 0 radical (unpaired) electrons. The van der Waals surface area contributed by atoms with Gasteiger partial charge in [0.15, 0.2) is 5.82 Å². The summed E-state index contributed by atoms with van der Waals surface area (Å²) in [6, 6.07) is 14.1. The van der Waals surface area contributed by atoms with E-state index in [0.717, 1.165) is 18.1 Å². The molecule has 0 aliphatic rings. The van der Waals surface area contributed by atoms with Crippen LogP contribution in [0.5, 0.6) is 0 Å². The Morgan fingerprint density at radius 3 is 2.41 bits per heavy atom. The molecule has 0 amide bonds. The number of nitrogens with zero attached hydrogens (tertiary/aromatic N) is 3. The maximum Gasteiger partial charge on any atom is 0.151 e. The molecule has 2 aromatic rings. The lowest BCUT2D eigenvalue weighted by atomic mass is 10.2. The third kappa shape index (κ3) is 3.01. The molecule has 0 aliphatic heterocycles. The second-order valence-electron chi connectivity index (χ2n) is 3.93. The van der Waals surface area contributed by atoms with Gasteiger partial charge in [0.1, 0.15) is 0 Å². The van der Waals surface area contributed by atoms with Gasteiger partial charge in [0.25, 0.3) is 0 Å². The molecule has 0 saturated carbocycles. The van der Waals surface area contributed by atoms with E-state index in [2.05, 4.69) is 27.2 Å². The number of aromatic nitrogens is 2. The smallest absolute Gasteiger partial charge is 0.151 e. The van der Waals surface area contributed by atoms with Crippen molar-refractivity contribution < 1.29 is 0 Å². The van der Waals surface area contributed by atoms with Gasteiger partial charge in [-0.25, -0.2) is 0 Å². The second kappa shape index (κ2) is 5.41. The Hall–Kier alpha value is -1.94. The van der Waals surface area contributed by atoms with E-state index in [4.69, 9.17) is 5.73 Å². The molecule has 0 fully saturated rings. The Morgan fingerprint density at radius 1 is 1.06 bits per heavy atom. The molecule has 88 valence electrons. The molecule has 0 bridgehead atoms. The van der Waals surface area contributed by atoms with Crippen molar-refractivity contribution in [2.45, 2.75) is 13.1 Å². The first-order valence-electron chi connectivity index (χ1n) is 5.57. The lowest BCUT2D eigenvalue weighted by Crippen LogP contribution is -2.18. The second-order valence-corrected chi connectivity index (χ2v) is 3.93. The molecule has 0 aliphatic carbocycles. The van der Waals surface area contributed by atoms with Crippen molar-refractivity contribution in [2.75, 3.05) is 11.9 Å². The van der Waals surface area contributed by atoms with Crippen molar-refractivity contribution in [1.29, 1.82) is 0 Å². The van der Waals surface area contributed by atoms with Gasteiger partial charge in [-0.3, -0.25) is 0 Å². The van der Waals surface area contributed by atoms with E-state index in [-0.39, 0.29) is 0 Å². The van der Waals surface area contributed by atoms with Gasteiger partial charge in [-0.15, -0.1) is 5.10 Å². The Bertz CT molecular complexity index is 453. The summed E-state index contributed by atoms with van der Waals surface area (Å²) in [5, 5.41) is 8.18. The molecule has 1 heterocycles. The fourth-order valence-electron chi connectivity index (χ4n) is 1.60. The number of benzene rings is 1. The van der Waals surface area contributed by atoms with Crippen molar-refractivity contribution in [1.82, 2.24) is 10.2 Å². The minimum atomic E-state index is 0.426. The van der Waals surface area contributed by atoms with E-state index in [9.17, 15) is 0 Å². The highest BCUT2D eigenvalue weighted by Gasteiger charge is 2.03. The third-order valence-electron chi connectivity index (χ3n) is 2.57. The van der Waals surface area contributed by atoms with Crippen LogP contribution in [0.2, 0.25) is 0 Å². The zero-order valence-electron chi connectivity index (χ0n) is 9.87. The van der Waals surface area contributed by atoms with Gasteiger partial charge in [0, 0.05) is 20.1 Å². The van der Waals surface area contributed by atoms with Gasteiger partial charge in [0.05, 0.1) is 5.69 Å². The first-order chi connectivity index (χ1) is 8.29. The predicted octanol–water partition coefficient (Wildman–Crippen LogP) is 1.57. The van der Waals surface area contributed by atoms with E-state index >= 15 is 0 Å². The number of hydrogen-bond acceptors (Lipinski definition) is 4. The van der Waals surface area contributed by atoms with Gasteiger partial charge in [-0.05, 0) is 17.7 Å². The molecule has 4 nitrogen and oxygen atoms in total. The molecular weight excluding hydrogens is 212 g/mol. The van der Waals surface area contributed by atoms with Crippen molar-refractivity contribution >= 4 is 5.82 Å². The molecular formula is C13H16N4. The summed E-state index contributed by atoms with van der Waals surface area (Å²) >= 11 is 0. The van der Waals surface area contributed by atoms with E-state index in [1.165, 1.54) is 5.56 Å². The van der Waals surface area contributed by atoms with Gasteiger partial charge in [-0.2, -0.15) is 5.10 Å². The largest absolute Gasteiger partial charge is 0.354 e. The highest BCUT2D eigenvalue weighted by Crippen LogP contribution is 2.11. The Labute approximate surface area is 101 Å². The van der Waals surface area contributed by atoms with E-state index in [0.29, 0.717) is 6.54 Å². The van der Waals surface area contributed by atoms with Gasteiger partial charge in [0.2, 0.25) is 0 Å². The first-order valence-corrected chi connectivity index (χ1v) is 5.57. The predicted molar refractivity (Wildman–Crippen MR) is 68.5 cm³/mol. The van der Waals surface area contributed by atoms with Crippen molar-refractivity contribution in [3.05, 3.63) is 53.7 Å². The van der Waals surface area contributed by atoms with Crippen LogP contribution in [0.1, 0.15) is 11.3 Å². The number of hydrogen-bond donors (Lipinski definition) is 1. The summed E-state index contributed by atoms with van der Waals surface area (Å²) in [5.74, 6) is 0.853. The zero-order valence-corrected chi connectivity index (χ0v) is 9.87. The topological polar surface area (TPSA) is 55.0 Å². The first kappa shape index (κ1) is 11.5. The Morgan fingerprint density at radius 2 is 1.82 bits per heavy atom. The molecule has 4 heteroatoms. The van der Waals surface area contributed by atoms with E-state index in [1.54, 1.807) is 0 Å². The van der Waals surface area contributed by atoms with Gasteiger partial charge < -0.3 is 10.6 Å². The summed E-state index contributed by atoms with van der Waals surface area (Å²) < 4.78 is 0. The van der Waals surface area contributed by atoms with Crippen molar-refractivity contribution in [3.63, 3.8) is 0 Å². The number of nitrogens with two attached hydrogens (primary N) is 1. The standard InChI is InChI=1S/C13H16N4/c1-17(10-11-5-3-2-4-6-11)13-8-7-12(9-14)15-16-13/h2-8H,9-10,14H2,1H3. The molecule has 17 heavy (non-hydrogen) atoms. The summed E-state index contributed by atoms with van der Waals surface area (Å²) in [6.45, 7) is 1.24. The molecule has 1 aromatic heterocycles. The minimum Gasteiger partial charge on any atom is -0.354 e.